The van der Waals surface area contributed by atoms with Crippen LogP contribution in [-0.4, -0.2) is 12.1 Å². The summed E-state index contributed by atoms with van der Waals surface area (Å²) in [5.74, 6) is 0.978. The van der Waals surface area contributed by atoms with E-state index in [-0.39, 0.29) is 11.8 Å². The first kappa shape index (κ1) is 18.2. The standard InChI is InChI=1S/C22H26N2O2/c1-17-7-9-19(10-8-17)16-26-21-13-11-18(12-14-21)15-23-24-22(25)20-5-3-2-4-6-20/h7-15,20H,2-6,16H2,1H3,(H,24,25)/b23-15+. The predicted molar refractivity (Wildman–Crippen MR) is 104 cm³/mol. The summed E-state index contributed by atoms with van der Waals surface area (Å²) >= 11 is 0. The first-order valence-corrected chi connectivity index (χ1v) is 9.32. The molecule has 0 aromatic heterocycles. The second kappa shape index (κ2) is 9.18. The Kier molecular flexibility index (Phi) is 6.42. The molecule has 0 atom stereocenters. The Balaban J connectivity index is 1.46. The molecule has 0 spiro atoms. The molecule has 1 aliphatic carbocycles. The predicted octanol–water partition coefficient (Wildman–Crippen LogP) is 4.60. The first-order chi connectivity index (χ1) is 12.7. The number of carbonyl (C=O) groups excluding carboxylic acids is 1. The van der Waals surface area contributed by atoms with E-state index in [2.05, 4.69) is 41.7 Å². The summed E-state index contributed by atoms with van der Waals surface area (Å²) in [6, 6.07) is 16.0. The van der Waals surface area contributed by atoms with Gasteiger partial charge in [0.15, 0.2) is 0 Å². The highest BCUT2D eigenvalue weighted by molar-refractivity contribution is 5.83. The van der Waals surface area contributed by atoms with Crippen LogP contribution in [0.1, 0.15) is 48.8 Å². The van der Waals surface area contributed by atoms with Crippen molar-refractivity contribution in [2.24, 2.45) is 11.0 Å². The van der Waals surface area contributed by atoms with E-state index < -0.39 is 0 Å². The molecule has 1 N–H and O–H groups in total. The number of ether oxygens (including phenoxy) is 1. The molecule has 136 valence electrons. The van der Waals surface area contributed by atoms with Crippen molar-refractivity contribution in [3.05, 3.63) is 65.2 Å². The molecule has 0 unspecified atom stereocenters. The Bertz CT molecular complexity index is 730. The summed E-state index contributed by atoms with van der Waals surface area (Å²) in [4.78, 5) is 12.0. The molecule has 0 heterocycles. The third-order valence-electron chi connectivity index (χ3n) is 4.77. The van der Waals surface area contributed by atoms with Crippen LogP contribution in [0.2, 0.25) is 0 Å². The zero-order valence-electron chi connectivity index (χ0n) is 15.3. The third kappa shape index (κ3) is 5.45. The number of carbonyl (C=O) groups is 1. The molecule has 2 aromatic carbocycles. The fourth-order valence-electron chi connectivity index (χ4n) is 3.13. The number of benzene rings is 2. The van der Waals surface area contributed by atoms with Gasteiger partial charge in [0.2, 0.25) is 5.91 Å². The van der Waals surface area contributed by atoms with Gasteiger partial charge in [-0.2, -0.15) is 5.10 Å². The van der Waals surface area contributed by atoms with Crippen LogP contribution >= 0.6 is 0 Å². The topological polar surface area (TPSA) is 50.7 Å². The van der Waals surface area contributed by atoms with Crippen molar-refractivity contribution < 1.29 is 9.53 Å². The van der Waals surface area contributed by atoms with E-state index in [0.29, 0.717) is 6.61 Å². The third-order valence-corrected chi connectivity index (χ3v) is 4.77. The fourth-order valence-corrected chi connectivity index (χ4v) is 3.13. The largest absolute Gasteiger partial charge is 0.489 e. The first-order valence-electron chi connectivity index (χ1n) is 9.32. The van der Waals surface area contributed by atoms with E-state index >= 15 is 0 Å². The summed E-state index contributed by atoms with van der Waals surface area (Å²) in [7, 11) is 0. The molecular formula is C22H26N2O2. The van der Waals surface area contributed by atoms with Gasteiger partial charge in [-0.05, 0) is 55.2 Å². The van der Waals surface area contributed by atoms with Crippen molar-refractivity contribution in [1.29, 1.82) is 0 Å². The summed E-state index contributed by atoms with van der Waals surface area (Å²) in [5.41, 5.74) is 5.98. The lowest BCUT2D eigenvalue weighted by Gasteiger charge is -2.19. The zero-order chi connectivity index (χ0) is 18.2. The van der Waals surface area contributed by atoms with E-state index in [4.69, 9.17) is 4.74 Å². The molecule has 0 saturated heterocycles. The Labute approximate surface area is 155 Å². The van der Waals surface area contributed by atoms with E-state index in [9.17, 15) is 4.79 Å². The summed E-state index contributed by atoms with van der Waals surface area (Å²) < 4.78 is 5.79. The Hall–Kier alpha value is -2.62. The lowest BCUT2D eigenvalue weighted by Crippen LogP contribution is -2.28. The highest BCUT2D eigenvalue weighted by Gasteiger charge is 2.20. The minimum Gasteiger partial charge on any atom is -0.489 e. The van der Waals surface area contributed by atoms with Crippen molar-refractivity contribution in [3.8, 4) is 5.75 Å². The van der Waals surface area contributed by atoms with E-state index in [0.717, 1.165) is 42.6 Å². The lowest BCUT2D eigenvalue weighted by molar-refractivity contribution is -0.125. The van der Waals surface area contributed by atoms with Crippen molar-refractivity contribution in [2.45, 2.75) is 45.6 Å². The van der Waals surface area contributed by atoms with Crippen LogP contribution in [0, 0.1) is 12.8 Å². The number of aryl methyl sites for hydroxylation is 1. The Morgan fingerprint density at radius 1 is 1.08 bits per heavy atom. The van der Waals surface area contributed by atoms with Gasteiger partial charge in [0.05, 0.1) is 6.21 Å². The average molecular weight is 350 g/mol. The molecule has 1 saturated carbocycles. The smallest absolute Gasteiger partial charge is 0.243 e. The van der Waals surface area contributed by atoms with Gasteiger partial charge >= 0.3 is 0 Å². The maximum atomic E-state index is 12.0. The van der Waals surface area contributed by atoms with Crippen LogP contribution < -0.4 is 10.2 Å². The minimum atomic E-state index is 0.0407. The number of rotatable bonds is 6. The number of nitrogens with one attached hydrogen (secondary N) is 1. The average Bonchev–Trinajstić information content (AvgIpc) is 2.69. The molecule has 0 aliphatic heterocycles. The normalized spacial score (nSPS) is 15.1. The molecule has 3 rings (SSSR count). The highest BCUT2D eigenvalue weighted by atomic mass is 16.5. The zero-order valence-corrected chi connectivity index (χ0v) is 15.3. The lowest BCUT2D eigenvalue weighted by atomic mass is 9.89. The highest BCUT2D eigenvalue weighted by Crippen LogP contribution is 2.23. The molecule has 26 heavy (non-hydrogen) atoms. The van der Waals surface area contributed by atoms with Crippen LogP contribution in [0.15, 0.2) is 53.6 Å². The minimum absolute atomic E-state index is 0.0407. The van der Waals surface area contributed by atoms with E-state index in [1.807, 2.05) is 24.3 Å². The monoisotopic (exact) mass is 350 g/mol. The number of hydrogen-bond acceptors (Lipinski definition) is 3. The fraction of sp³-hybridized carbons (Fsp3) is 0.364. The summed E-state index contributed by atoms with van der Waals surface area (Å²) in [6.45, 7) is 2.62. The summed E-state index contributed by atoms with van der Waals surface area (Å²) in [6.07, 6.45) is 7.16. The van der Waals surface area contributed by atoms with Gasteiger partial charge in [-0.25, -0.2) is 5.43 Å². The maximum Gasteiger partial charge on any atom is 0.243 e. The molecular weight excluding hydrogens is 324 g/mol. The van der Waals surface area contributed by atoms with Gasteiger partial charge in [0.25, 0.3) is 0 Å². The number of hydrogen-bond donors (Lipinski definition) is 1. The molecule has 4 heteroatoms. The van der Waals surface area contributed by atoms with Crippen molar-refractivity contribution in [2.75, 3.05) is 0 Å². The van der Waals surface area contributed by atoms with Gasteiger partial charge in [-0.3, -0.25) is 4.79 Å². The molecule has 1 aliphatic rings. The van der Waals surface area contributed by atoms with Gasteiger partial charge in [0.1, 0.15) is 12.4 Å². The van der Waals surface area contributed by atoms with Crippen molar-refractivity contribution in [3.63, 3.8) is 0 Å². The molecule has 0 bridgehead atoms. The van der Waals surface area contributed by atoms with Crippen molar-refractivity contribution in [1.82, 2.24) is 5.43 Å². The van der Waals surface area contributed by atoms with Gasteiger partial charge in [-0.1, -0.05) is 49.1 Å². The molecule has 2 aromatic rings. The van der Waals surface area contributed by atoms with Crippen LogP contribution in [0.25, 0.3) is 0 Å². The number of hydrazone groups is 1. The second-order valence-electron chi connectivity index (χ2n) is 6.91. The van der Waals surface area contributed by atoms with Crippen LogP contribution in [0.3, 0.4) is 0 Å². The van der Waals surface area contributed by atoms with Gasteiger partial charge in [0, 0.05) is 5.92 Å². The van der Waals surface area contributed by atoms with Crippen LogP contribution in [-0.2, 0) is 11.4 Å². The number of amides is 1. The Morgan fingerprint density at radius 3 is 2.46 bits per heavy atom. The SMILES string of the molecule is Cc1ccc(COc2ccc(/C=N/NC(=O)C3CCCCC3)cc2)cc1. The molecule has 0 radical (unpaired) electrons. The molecule has 1 fully saturated rings. The van der Waals surface area contributed by atoms with Crippen LogP contribution in [0.5, 0.6) is 5.75 Å². The quantitative estimate of drug-likeness (QED) is 0.611. The molecule has 1 amide bonds. The molecule has 4 nitrogen and oxygen atoms in total. The van der Waals surface area contributed by atoms with E-state index in [1.54, 1.807) is 6.21 Å². The van der Waals surface area contributed by atoms with E-state index in [1.165, 1.54) is 12.0 Å². The second-order valence-corrected chi connectivity index (χ2v) is 6.91. The van der Waals surface area contributed by atoms with Crippen LogP contribution in [0.4, 0.5) is 0 Å². The maximum absolute atomic E-state index is 12.0. The summed E-state index contributed by atoms with van der Waals surface area (Å²) in [5, 5.41) is 4.08. The number of nitrogens with zero attached hydrogens (tertiary/aromatic N) is 1. The van der Waals surface area contributed by atoms with Gasteiger partial charge in [-0.15, -0.1) is 0 Å². The van der Waals surface area contributed by atoms with Crippen molar-refractivity contribution >= 4 is 12.1 Å². The Morgan fingerprint density at radius 2 is 1.77 bits per heavy atom. The van der Waals surface area contributed by atoms with Gasteiger partial charge < -0.3 is 4.74 Å².